The molecule has 1 aromatic rings. The number of anilines is 1. The number of nitrogens with one attached hydrogen (secondary N) is 1. The van der Waals surface area contributed by atoms with Crippen LogP contribution in [0.5, 0.6) is 0 Å². The number of aliphatic hydroxyl groups is 1. The molecule has 5 nitrogen and oxygen atoms in total. The van der Waals surface area contributed by atoms with Gasteiger partial charge in [0.15, 0.2) is 0 Å². The third-order valence-corrected chi connectivity index (χ3v) is 4.66. The Morgan fingerprint density at radius 1 is 1.29 bits per heavy atom. The highest BCUT2D eigenvalue weighted by atomic mass is 16.4. The molecule has 114 valence electrons. The zero-order chi connectivity index (χ0) is 14.8. The van der Waals surface area contributed by atoms with Crippen molar-refractivity contribution in [1.29, 1.82) is 0 Å². The van der Waals surface area contributed by atoms with Gasteiger partial charge in [-0.25, -0.2) is 9.78 Å². The Balaban J connectivity index is 1.71. The molecule has 1 heterocycles. The molecular weight excluding hydrogens is 268 g/mol. The fraction of sp³-hybridized carbons (Fsp3) is 0.625. The summed E-state index contributed by atoms with van der Waals surface area (Å²) in [5, 5.41) is 22.1. The Hall–Kier alpha value is -1.62. The first-order chi connectivity index (χ1) is 10.1. The Labute approximate surface area is 124 Å². The van der Waals surface area contributed by atoms with Gasteiger partial charge in [0.05, 0.1) is 6.10 Å². The van der Waals surface area contributed by atoms with Gasteiger partial charge < -0.3 is 15.5 Å². The number of fused-ring (bicyclic) bond motifs is 1. The van der Waals surface area contributed by atoms with Gasteiger partial charge in [-0.1, -0.05) is 0 Å². The number of carboxylic acids is 1. The van der Waals surface area contributed by atoms with Gasteiger partial charge in [-0.3, -0.25) is 0 Å². The summed E-state index contributed by atoms with van der Waals surface area (Å²) in [6.07, 6.45) is 6.44. The largest absolute Gasteiger partial charge is 0.478 e. The van der Waals surface area contributed by atoms with Crippen LogP contribution < -0.4 is 5.32 Å². The van der Waals surface area contributed by atoms with Crippen molar-refractivity contribution < 1.29 is 15.0 Å². The van der Waals surface area contributed by atoms with Gasteiger partial charge >= 0.3 is 5.97 Å². The fourth-order valence-corrected chi connectivity index (χ4v) is 3.36. The summed E-state index contributed by atoms with van der Waals surface area (Å²) in [6, 6.07) is 1.78. The van der Waals surface area contributed by atoms with Crippen LogP contribution in [0.4, 0.5) is 5.82 Å². The summed E-state index contributed by atoms with van der Waals surface area (Å²) >= 11 is 0. The molecule has 3 N–H and O–H groups in total. The van der Waals surface area contributed by atoms with Crippen molar-refractivity contribution in [3.8, 4) is 0 Å². The first kappa shape index (κ1) is 14.3. The van der Waals surface area contributed by atoms with E-state index >= 15 is 0 Å². The third kappa shape index (κ3) is 3.18. The zero-order valence-corrected chi connectivity index (χ0v) is 12.1. The number of rotatable bonds is 4. The number of aromatic nitrogens is 1. The Kier molecular flexibility index (Phi) is 4.10. The van der Waals surface area contributed by atoms with Crippen LogP contribution >= 0.6 is 0 Å². The number of aliphatic hydroxyl groups excluding tert-OH is 1. The predicted octanol–water partition coefficient (Wildman–Crippen LogP) is 2.23. The van der Waals surface area contributed by atoms with E-state index in [1.54, 1.807) is 6.07 Å². The van der Waals surface area contributed by atoms with Gasteiger partial charge in [0.25, 0.3) is 0 Å². The van der Waals surface area contributed by atoms with E-state index in [-0.39, 0.29) is 11.7 Å². The molecule has 21 heavy (non-hydrogen) atoms. The molecule has 0 aliphatic heterocycles. The van der Waals surface area contributed by atoms with Crippen molar-refractivity contribution in [3.05, 3.63) is 22.9 Å². The van der Waals surface area contributed by atoms with Crippen molar-refractivity contribution in [2.75, 3.05) is 11.9 Å². The lowest BCUT2D eigenvalue weighted by Crippen LogP contribution is -2.24. The minimum Gasteiger partial charge on any atom is -0.478 e. The Bertz CT molecular complexity index is 537. The highest BCUT2D eigenvalue weighted by molar-refractivity contribution is 5.93. The van der Waals surface area contributed by atoms with Gasteiger partial charge in [0.1, 0.15) is 11.4 Å². The molecule has 0 radical (unpaired) electrons. The maximum atomic E-state index is 11.4. The number of aromatic carboxylic acids is 1. The maximum Gasteiger partial charge on any atom is 0.339 e. The second-order valence-corrected chi connectivity index (χ2v) is 6.20. The number of aryl methyl sites for hydroxylation is 2. The van der Waals surface area contributed by atoms with E-state index in [2.05, 4.69) is 10.3 Å². The SMILES string of the molecule is O=C(O)c1cc2c(nc1NCC1CCC(O)CC1)CCC2. The van der Waals surface area contributed by atoms with E-state index in [1.165, 1.54) is 0 Å². The van der Waals surface area contributed by atoms with E-state index in [9.17, 15) is 15.0 Å². The van der Waals surface area contributed by atoms with Gasteiger partial charge in [-0.15, -0.1) is 0 Å². The minimum absolute atomic E-state index is 0.158. The lowest BCUT2D eigenvalue weighted by molar-refractivity contribution is 0.0697. The molecule has 0 saturated heterocycles. The second-order valence-electron chi connectivity index (χ2n) is 6.20. The molecule has 2 aliphatic carbocycles. The Morgan fingerprint density at radius 2 is 2.05 bits per heavy atom. The standard InChI is InChI=1S/C16H22N2O3/c19-12-6-4-10(5-7-12)9-17-15-13(16(20)21)8-11-2-1-3-14(11)18-15/h8,10,12,19H,1-7,9H2,(H,17,18)(H,20,21). The van der Waals surface area contributed by atoms with E-state index in [0.29, 0.717) is 11.7 Å². The summed E-state index contributed by atoms with van der Waals surface area (Å²) < 4.78 is 0. The molecule has 0 aromatic carbocycles. The average molecular weight is 290 g/mol. The molecule has 5 heteroatoms. The van der Waals surface area contributed by atoms with Crippen molar-refractivity contribution in [1.82, 2.24) is 4.98 Å². The van der Waals surface area contributed by atoms with E-state index in [1.807, 2.05) is 0 Å². The summed E-state index contributed by atoms with van der Waals surface area (Å²) in [7, 11) is 0. The number of pyridine rings is 1. The lowest BCUT2D eigenvalue weighted by Gasteiger charge is -2.26. The van der Waals surface area contributed by atoms with E-state index in [0.717, 1.165) is 62.7 Å². The number of hydrogen-bond acceptors (Lipinski definition) is 4. The van der Waals surface area contributed by atoms with Gasteiger partial charge in [0, 0.05) is 12.2 Å². The number of nitrogens with zero attached hydrogens (tertiary/aromatic N) is 1. The molecule has 2 aliphatic rings. The monoisotopic (exact) mass is 290 g/mol. The first-order valence-corrected chi connectivity index (χ1v) is 7.81. The van der Waals surface area contributed by atoms with Crippen molar-refractivity contribution in [3.63, 3.8) is 0 Å². The molecule has 0 bridgehead atoms. The number of carbonyl (C=O) groups is 1. The summed E-state index contributed by atoms with van der Waals surface area (Å²) in [5.74, 6) is 0.0816. The van der Waals surface area contributed by atoms with Crippen LogP contribution in [0.15, 0.2) is 6.07 Å². The molecule has 0 unspecified atom stereocenters. The molecule has 0 spiro atoms. The van der Waals surface area contributed by atoms with Gasteiger partial charge in [0.2, 0.25) is 0 Å². The second kappa shape index (κ2) is 6.02. The molecule has 0 amide bonds. The molecule has 1 fully saturated rings. The number of hydrogen-bond donors (Lipinski definition) is 3. The van der Waals surface area contributed by atoms with Gasteiger partial charge in [-0.05, 0) is 62.5 Å². The van der Waals surface area contributed by atoms with Crippen molar-refractivity contribution in [2.24, 2.45) is 5.92 Å². The molecule has 1 saturated carbocycles. The van der Waals surface area contributed by atoms with Crippen molar-refractivity contribution in [2.45, 2.75) is 51.0 Å². The Morgan fingerprint density at radius 3 is 2.76 bits per heavy atom. The first-order valence-electron chi connectivity index (χ1n) is 7.81. The summed E-state index contributed by atoms with van der Waals surface area (Å²) in [5.41, 5.74) is 2.41. The molecular formula is C16H22N2O3. The minimum atomic E-state index is -0.918. The topological polar surface area (TPSA) is 82.5 Å². The quantitative estimate of drug-likeness (QED) is 0.792. The summed E-state index contributed by atoms with van der Waals surface area (Å²) in [6.45, 7) is 0.735. The van der Waals surface area contributed by atoms with Crippen LogP contribution in [0.3, 0.4) is 0 Å². The maximum absolute atomic E-state index is 11.4. The van der Waals surface area contributed by atoms with Crippen LogP contribution in [0.25, 0.3) is 0 Å². The molecule has 0 atom stereocenters. The van der Waals surface area contributed by atoms with Crippen LogP contribution in [0.2, 0.25) is 0 Å². The van der Waals surface area contributed by atoms with E-state index in [4.69, 9.17) is 0 Å². The van der Waals surface area contributed by atoms with Crippen LogP contribution in [-0.2, 0) is 12.8 Å². The molecule has 1 aromatic heterocycles. The smallest absolute Gasteiger partial charge is 0.339 e. The van der Waals surface area contributed by atoms with Crippen LogP contribution in [0, 0.1) is 5.92 Å². The lowest BCUT2D eigenvalue weighted by atomic mass is 9.87. The van der Waals surface area contributed by atoms with E-state index < -0.39 is 5.97 Å². The molecule has 3 rings (SSSR count). The van der Waals surface area contributed by atoms with Gasteiger partial charge in [-0.2, -0.15) is 0 Å². The zero-order valence-electron chi connectivity index (χ0n) is 12.1. The highest BCUT2D eigenvalue weighted by Gasteiger charge is 2.22. The van der Waals surface area contributed by atoms with Crippen molar-refractivity contribution >= 4 is 11.8 Å². The summed E-state index contributed by atoms with van der Waals surface area (Å²) in [4.78, 5) is 15.9. The average Bonchev–Trinajstić information content (AvgIpc) is 2.92. The normalized spacial score (nSPS) is 24.6. The fourth-order valence-electron chi connectivity index (χ4n) is 3.36. The highest BCUT2D eigenvalue weighted by Crippen LogP contribution is 2.27. The van der Waals surface area contributed by atoms with Crippen LogP contribution in [0.1, 0.15) is 53.7 Å². The predicted molar refractivity (Wildman–Crippen MR) is 79.7 cm³/mol. The number of carboxylic acid groups (broad SMARTS) is 1. The third-order valence-electron chi connectivity index (χ3n) is 4.66. The van der Waals surface area contributed by atoms with Crippen LogP contribution in [-0.4, -0.2) is 33.8 Å².